The highest BCUT2D eigenvalue weighted by Crippen LogP contribution is 2.51. The van der Waals surface area contributed by atoms with Crippen molar-refractivity contribution >= 4 is 14.1 Å². The van der Waals surface area contributed by atoms with Gasteiger partial charge in [-0.3, -0.25) is 4.79 Å². The molecule has 0 spiro atoms. The van der Waals surface area contributed by atoms with Crippen molar-refractivity contribution in [2.45, 2.75) is 96.7 Å². The molecule has 29 heavy (non-hydrogen) atoms. The van der Waals surface area contributed by atoms with E-state index >= 15 is 0 Å². The van der Waals surface area contributed by atoms with Crippen LogP contribution in [0.25, 0.3) is 0 Å². The highest BCUT2D eigenvalue weighted by molar-refractivity contribution is 6.74. The highest BCUT2D eigenvalue weighted by atomic mass is 28.4. The average Bonchev–Trinajstić information content (AvgIpc) is 3.14. The maximum Gasteiger partial charge on any atom is 0.192 e. The molecule has 0 heterocycles. The molecule has 5 atom stereocenters. The number of fused-ring (bicyclic) bond motifs is 1. The Morgan fingerprint density at radius 3 is 2.41 bits per heavy atom. The zero-order valence-corrected chi connectivity index (χ0v) is 20.2. The number of hydrogen-bond acceptors (Lipinski definition) is 3. The van der Waals surface area contributed by atoms with Gasteiger partial charge in [-0.05, 0) is 54.8 Å². The zero-order chi connectivity index (χ0) is 21.2. The van der Waals surface area contributed by atoms with Gasteiger partial charge in [0.25, 0.3) is 0 Å². The number of rotatable bonds is 8. The van der Waals surface area contributed by atoms with Crippen molar-refractivity contribution in [2.75, 3.05) is 0 Å². The van der Waals surface area contributed by atoms with Gasteiger partial charge in [0.05, 0.1) is 6.61 Å². The van der Waals surface area contributed by atoms with E-state index < -0.39 is 8.32 Å². The number of ether oxygens (including phenoxy) is 1. The summed E-state index contributed by atoms with van der Waals surface area (Å²) in [7, 11) is -1.84. The molecule has 0 aliphatic heterocycles. The minimum Gasteiger partial charge on any atom is -0.414 e. The molecular formula is C25H40O3Si. The molecule has 162 valence electrons. The molecule has 0 amide bonds. The molecule has 3 nitrogen and oxygen atoms in total. The summed E-state index contributed by atoms with van der Waals surface area (Å²) >= 11 is 0. The maximum atomic E-state index is 13.2. The normalized spacial score (nSPS) is 30.0. The van der Waals surface area contributed by atoms with E-state index in [0.29, 0.717) is 24.2 Å². The molecule has 2 saturated carbocycles. The van der Waals surface area contributed by atoms with Gasteiger partial charge in [-0.25, -0.2) is 0 Å². The van der Waals surface area contributed by atoms with Crippen LogP contribution < -0.4 is 0 Å². The van der Waals surface area contributed by atoms with Crippen LogP contribution in [0.1, 0.15) is 65.4 Å². The van der Waals surface area contributed by atoms with E-state index in [0.717, 1.165) is 18.4 Å². The first-order valence-corrected chi connectivity index (χ1v) is 14.4. The molecular weight excluding hydrogens is 376 g/mol. The second-order valence-corrected chi connectivity index (χ2v) is 15.4. The maximum absolute atomic E-state index is 13.2. The third-order valence-corrected chi connectivity index (χ3v) is 12.1. The Kier molecular flexibility index (Phi) is 7.07. The van der Waals surface area contributed by atoms with Crippen LogP contribution in [0.3, 0.4) is 0 Å². The Morgan fingerprint density at radius 1 is 1.10 bits per heavy atom. The summed E-state index contributed by atoms with van der Waals surface area (Å²) < 4.78 is 13.0. The third kappa shape index (κ3) is 5.03. The van der Waals surface area contributed by atoms with Crippen molar-refractivity contribution in [1.29, 1.82) is 0 Å². The first-order chi connectivity index (χ1) is 13.6. The van der Waals surface area contributed by atoms with Crippen molar-refractivity contribution in [2.24, 2.45) is 17.8 Å². The Labute approximate surface area is 178 Å². The van der Waals surface area contributed by atoms with Gasteiger partial charge in [0.2, 0.25) is 0 Å². The van der Waals surface area contributed by atoms with Gasteiger partial charge >= 0.3 is 0 Å². The molecule has 0 aromatic heterocycles. The summed E-state index contributed by atoms with van der Waals surface area (Å²) in [5.74, 6) is 1.40. The van der Waals surface area contributed by atoms with Crippen molar-refractivity contribution < 1.29 is 14.0 Å². The molecule has 1 aromatic rings. The molecule has 2 fully saturated rings. The van der Waals surface area contributed by atoms with E-state index in [1.165, 1.54) is 19.3 Å². The van der Waals surface area contributed by atoms with E-state index in [1.807, 2.05) is 18.2 Å². The van der Waals surface area contributed by atoms with Crippen molar-refractivity contribution in [1.82, 2.24) is 0 Å². The largest absolute Gasteiger partial charge is 0.414 e. The molecule has 0 saturated heterocycles. The summed E-state index contributed by atoms with van der Waals surface area (Å²) in [6.45, 7) is 14.4. The van der Waals surface area contributed by atoms with Gasteiger partial charge in [-0.1, -0.05) is 70.9 Å². The van der Waals surface area contributed by atoms with Crippen LogP contribution in [0, 0.1) is 17.8 Å². The fourth-order valence-corrected chi connectivity index (χ4v) is 6.28. The summed E-state index contributed by atoms with van der Waals surface area (Å²) in [5.41, 5.74) is 1.14. The number of benzene rings is 1. The predicted molar refractivity (Wildman–Crippen MR) is 121 cm³/mol. The number of ketones is 1. The van der Waals surface area contributed by atoms with E-state index in [2.05, 4.69) is 52.9 Å². The minimum absolute atomic E-state index is 0.132. The van der Waals surface area contributed by atoms with Crippen LogP contribution in [0.4, 0.5) is 0 Å². The Hall–Kier alpha value is -0.973. The summed E-state index contributed by atoms with van der Waals surface area (Å²) in [6.07, 6.45) is 5.38. The van der Waals surface area contributed by atoms with Gasteiger partial charge in [-0.2, -0.15) is 0 Å². The number of unbranched alkanes of at least 4 members (excludes halogenated alkanes) is 1. The molecule has 0 bridgehead atoms. The number of carbonyl (C=O) groups excluding carboxylic acids is 1. The van der Waals surface area contributed by atoms with Gasteiger partial charge in [0, 0.05) is 12.0 Å². The van der Waals surface area contributed by atoms with Crippen molar-refractivity contribution in [3.63, 3.8) is 0 Å². The van der Waals surface area contributed by atoms with Crippen LogP contribution >= 0.6 is 0 Å². The van der Waals surface area contributed by atoms with E-state index in [4.69, 9.17) is 9.16 Å². The second kappa shape index (κ2) is 9.03. The molecule has 0 unspecified atom stereocenters. The Bertz CT molecular complexity index is 679. The van der Waals surface area contributed by atoms with E-state index in [1.54, 1.807) is 0 Å². The van der Waals surface area contributed by atoms with Gasteiger partial charge in [-0.15, -0.1) is 0 Å². The standard InChI is InChI=1S/C25H40O3Si/c1-7-8-14-19-20-15-23(27-17-18-12-10-9-11-13-18)24(26)21(20)16-22(19)28-29(5,6)25(2,3)4/h9-13,19-23H,7-8,14-17H2,1-6H3/t19-,20-,21+,22-,23-/m1/s1. The molecule has 2 aliphatic rings. The van der Waals surface area contributed by atoms with Crippen LogP contribution in [0.5, 0.6) is 0 Å². The van der Waals surface area contributed by atoms with Gasteiger partial charge in [0.1, 0.15) is 6.10 Å². The van der Waals surface area contributed by atoms with Crippen molar-refractivity contribution in [3.8, 4) is 0 Å². The Morgan fingerprint density at radius 2 is 1.79 bits per heavy atom. The highest BCUT2D eigenvalue weighted by Gasteiger charge is 2.55. The van der Waals surface area contributed by atoms with Gasteiger partial charge < -0.3 is 9.16 Å². The number of hydrogen-bond donors (Lipinski definition) is 0. The molecule has 1 aromatic carbocycles. The van der Waals surface area contributed by atoms with Crippen LogP contribution in [0.15, 0.2) is 30.3 Å². The van der Waals surface area contributed by atoms with E-state index in [-0.39, 0.29) is 23.2 Å². The average molecular weight is 417 g/mol. The van der Waals surface area contributed by atoms with Crippen LogP contribution in [-0.4, -0.2) is 26.3 Å². The first-order valence-electron chi connectivity index (χ1n) is 11.5. The quantitative estimate of drug-likeness (QED) is 0.461. The molecule has 0 N–H and O–H groups in total. The lowest BCUT2D eigenvalue weighted by atomic mass is 9.87. The molecule has 2 aliphatic carbocycles. The number of Topliss-reactive ketones (excluding diaryl/α,β-unsaturated/α-hetero) is 1. The lowest BCUT2D eigenvalue weighted by Crippen LogP contribution is -2.45. The molecule has 4 heteroatoms. The van der Waals surface area contributed by atoms with Crippen LogP contribution in [0.2, 0.25) is 18.1 Å². The summed E-state index contributed by atoms with van der Waals surface area (Å²) in [5, 5.41) is 0.200. The smallest absolute Gasteiger partial charge is 0.192 e. The molecule has 3 rings (SSSR count). The monoisotopic (exact) mass is 416 g/mol. The van der Waals surface area contributed by atoms with Crippen molar-refractivity contribution in [3.05, 3.63) is 35.9 Å². The topological polar surface area (TPSA) is 35.5 Å². The minimum atomic E-state index is -1.84. The summed E-state index contributed by atoms with van der Waals surface area (Å²) in [6, 6.07) is 10.2. The predicted octanol–water partition coefficient (Wildman–Crippen LogP) is 6.38. The van der Waals surface area contributed by atoms with Crippen LogP contribution in [-0.2, 0) is 20.6 Å². The Balaban J connectivity index is 1.68. The lowest BCUT2D eigenvalue weighted by Gasteiger charge is -2.40. The van der Waals surface area contributed by atoms with Gasteiger partial charge in [0.15, 0.2) is 14.1 Å². The zero-order valence-electron chi connectivity index (χ0n) is 19.2. The van der Waals surface area contributed by atoms with E-state index in [9.17, 15) is 4.79 Å². The second-order valence-electron chi connectivity index (χ2n) is 10.7. The molecule has 0 radical (unpaired) electrons. The first kappa shape index (κ1) is 22.7. The summed E-state index contributed by atoms with van der Waals surface area (Å²) in [4.78, 5) is 13.2. The fraction of sp³-hybridized carbons (Fsp3) is 0.720. The lowest BCUT2D eigenvalue weighted by molar-refractivity contribution is -0.131. The number of carbonyl (C=O) groups is 1. The fourth-order valence-electron chi connectivity index (χ4n) is 4.89. The third-order valence-electron chi connectivity index (χ3n) is 7.64. The SMILES string of the molecule is CCCC[C@@H]1[C@H]2C[C@@H](OCc3ccccc3)C(=O)[C@H]2C[C@H]1O[Si](C)(C)C(C)(C)C.